The molecule has 0 atom stereocenters. The standard InChI is InChI=1S/C16H14F2N2O4/c1-20-14(21)10-4-2-3-9(7-10)12-8-11(23-16(19)22)5-6-13(12)24-15(17)18/h2-8,15H,1H3,(H2,19,22)(H,20,21). The molecule has 0 aromatic heterocycles. The van der Waals surface area contributed by atoms with E-state index in [9.17, 15) is 18.4 Å². The van der Waals surface area contributed by atoms with E-state index in [1.807, 2.05) is 0 Å². The summed E-state index contributed by atoms with van der Waals surface area (Å²) < 4.78 is 34.4. The summed E-state index contributed by atoms with van der Waals surface area (Å²) in [5, 5.41) is 2.47. The minimum absolute atomic E-state index is 0.0597. The van der Waals surface area contributed by atoms with E-state index in [-0.39, 0.29) is 23.0 Å². The van der Waals surface area contributed by atoms with Gasteiger partial charge in [0.2, 0.25) is 0 Å². The molecule has 0 aliphatic heterocycles. The Kier molecular flexibility index (Phi) is 5.31. The van der Waals surface area contributed by atoms with Crippen molar-refractivity contribution in [1.82, 2.24) is 5.32 Å². The third-order valence-corrected chi connectivity index (χ3v) is 3.05. The molecule has 0 fully saturated rings. The first kappa shape index (κ1) is 17.2. The minimum atomic E-state index is -3.03. The van der Waals surface area contributed by atoms with Gasteiger partial charge in [0.1, 0.15) is 11.5 Å². The number of nitrogens with one attached hydrogen (secondary N) is 1. The lowest BCUT2D eigenvalue weighted by atomic mass is 10.0. The lowest BCUT2D eigenvalue weighted by Gasteiger charge is -2.13. The number of carbonyl (C=O) groups excluding carboxylic acids is 2. The highest BCUT2D eigenvalue weighted by molar-refractivity contribution is 5.95. The van der Waals surface area contributed by atoms with Crippen molar-refractivity contribution >= 4 is 12.0 Å². The SMILES string of the molecule is CNC(=O)c1cccc(-c2cc(OC(N)=O)ccc2OC(F)F)c1. The molecular weight excluding hydrogens is 322 g/mol. The van der Waals surface area contributed by atoms with Crippen LogP contribution in [-0.2, 0) is 0 Å². The Bertz CT molecular complexity index is 765. The predicted molar refractivity (Wildman–Crippen MR) is 82.1 cm³/mol. The zero-order valence-electron chi connectivity index (χ0n) is 12.6. The summed E-state index contributed by atoms with van der Waals surface area (Å²) in [7, 11) is 1.47. The molecular formula is C16H14F2N2O4. The molecule has 0 radical (unpaired) electrons. The van der Waals surface area contributed by atoms with Crippen molar-refractivity contribution in [2.24, 2.45) is 5.73 Å². The van der Waals surface area contributed by atoms with Crippen LogP contribution in [0.4, 0.5) is 13.6 Å². The van der Waals surface area contributed by atoms with Gasteiger partial charge in [-0.2, -0.15) is 8.78 Å². The van der Waals surface area contributed by atoms with E-state index >= 15 is 0 Å². The fourth-order valence-corrected chi connectivity index (χ4v) is 2.09. The second kappa shape index (κ2) is 7.40. The van der Waals surface area contributed by atoms with E-state index in [4.69, 9.17) is 10.5 Å². The van der Waals surface area contributed by atoms with E-state index in [0.29, 0.717) is 11.1 Å². The fourth-order valence-electron chi connectivity index (χ4n) is 2.09. The third kappa shape index (κ3) is 4.19. The summed E-state index contributed by atoms with van der Waals surface area (Å²) >= 11 is 0. The molecule has 126 valence electrons. The van der Waals surface area contributed by atoms with E-state index in [1.165, 1.54) is 31.3 Å². The lowest BCUT2D eigenvalue weighted by Crippen LogP contribution is -2.17. The Morgan fingerprint density at radius 3 is 2.54 bits per heavy atom. The van der Waals surface area contributed by atoms with Gasteiger partial charge >= 0.3 is 12.7 Å². The highest BCUT2D eigenvalue weighted by Crippen LogP contribution is 2.35. The Labute approximate surface area is 136 Å². The van der Waals surface area contributed by atoms with Gasteiger partial charge in [0.25, 0.3) is 5.91 Å². The van der Waals surface area contributed by atoms with Gasteiger partial charge in [-0.25, -0.2) is 4.79 Å². The van der Waals surface area contributed by atoms with Crippen LogP contribution < -0.4 is 20.5 Å². The van der Waals surface area contributed by atoms with Crippen molar-refractivity contribution in [3.8, 4) is 22.6 Å². The van der Waals surface area contributed by atoms with Gasteiger partial charge < -0.3 is 20.5 Å². The summed E-state index contributed by atoms with van der Waals surface area (Å²) in [4.78, 5) is 22.6. The molecule has 2 amide bonds. The molecule has 0 spiro atoms. The fraction of sp³-hybridized carbons (Fsp3) is 0.125. The largest absolute Gasteiger partial charge is 0.434 e. The van der Waals surface area contributed by atoms with Crippen molar-refractivity contribution in [1.29, 1.82) is 0 Å². The molecule has 0 bridgehead atoms. The molecule has 24 heavy (non-hydrogen) atoms. The smallest absolute Gasteiger partial charge is 0.409 e. The number of nitrogens with two attached hydrogens (primary N) is 1. The first-order valence-corrected chi connectivity index (χ1v) is 6.79. The van der Waals surface area contributed by atoms with Crippen molar-refractivity contribution < 1.29 is 27.8 Å². The van der Waals surface area contributed by atoms with Crippen molar-refractivity contribution in [3.63, 3.8) is 0 Å². The molecule has 0 aliphatic carbocycles. The number of ether oxygens (including phenoxy) is 2. The number of primary amides is 1. The van der Waals surface area contributed by atoms with Gasteiger partial charge in [0.05, 0.1) is 0 Å². The van der Waals surface area contributed by atoms with Crippen LogP contribution in [0.15, 0.2) is 42.5 Å². The monoisotopic (exact) mass is 336 g/mol. The number of benzene rings is 2. The van der Waals surface area contributed by atoms with E-state index in [1.54, 1.807) is 18.2 Å². The Balaban J connectivity index is 2.52. The van der Waals surface area contributed by atoms with Gasteiger partial charge in [-0.15, -0.1) is 0 Å². The normalized spacial score (nSPS) is 10.3. The number of carbonyl (C=O) groups is 2. The topological polar surface area (TPSA) is 90.6 Å². The number of rotatable bonds is 5. The molecule has 0 saturated carbocycles. The quantitative estimate of drug-likeness (QED) is 0.878. The number of alkyl halides is 2. The molecule has 0 saturated heterocycles. The second-order valence-electron chi connectivity index (χ2n) is 4.62. The van der Waals surface area contributed by atoms with Crippen LogP contribution in [0.2, 0.25) is 0 Å². The molecule has 2 aromatic rings. The highest BCUT2D eigenvalue weighted by Gasteiger charge is 2.15. The number of hydrogen-bond acceptors (Lipinski definition) is 4. The zero-order chi connectivity index (χ0) is 17.7. The van der Waals surface area contributed by atoms with Crippen molar-refractivity contribution in [3.05, 3.63) is 48.0 Å². The molecule has 0 aliphatic rings. The first-order valence-electron chi connectivity index (χ1n) is 6.79. The van der Waals surface area contributed by atoms with Gasteiger partial charge in [-0.3, -0.25) is 4.79 Å². The van der Waals surface area contributed by atoms with E-state index < -0.39 is 12.7 Å². The van der Waals surface area contributed by atoms with Crippen LogP contribution in [0.5, 0.6) is 11.5 Å². The summed E-state index contributed by atoms with van der Waals surface area (Å²) in [6.45, 7) is -3.03. The molecule has 2 aromatic carbocycles. The summed E-state index contributed by atoms with van der Waals surface area (Å²) in [6, 6.07) is 10.1. The van der Waals surface area contributed by atoms with Crippen LogP contribution in [0.1, 0.15) is 10.4 Å². The molecule has 3 N–H and O–H groups in total. The second-order valence-corrected chi connectivity index (χ2v) is 4.62. The molecule has 0 unspecified atom stereocenters. The Hall–Kier alpha value is -3.16. The lowest BCUT2D eigenvalue weighted by molar-refractivity contribution is -0.0494. The molecule has 0 heterocycles. The van der Waals surface area contributed by atoms with Crippen LogP contribution in [0, 0.1) is 0 Å². The highest BCUT2D eigenvalue weighted by atomic mass is 19.3. The predicted octanol–water partition coefficient (Wildman–Crippen LogP) is 2.77. The van der Waals surface area contributed by atoms with E-state index in [2.05, 4.69) is 10.1 Å². The van der Waals surface area contributed by atoms with Crippen LogP contribution in [0.3, 0.4) is 0 Å². The average Bonchev–Trinajstić information content (AvgIpc) is 2.54. The number of amides is 2. The average molecular weight is 336 g/mol. The van der Waals surface area contributed by atoms with Gasteiger partial charge in [0.15, 0.2) is 0 Å². The van der Waals surface area contributed by atoms with Crippen LogP contribution >= 0.6 is 0 Å². The summed E-state index contributed by atoms with van der Waals surface area (Å²) in [5.74, 6) is -0.405. The van der Waals surface area contributed by atoms with Gasteiger partial charge in [-0.05, 0) is 35.9 Å². The molecule has 8 heteroatoms. The first-order chi connectivity index (χ1) is 11.4. The van der Waals surface area contributed by atoms with Crippen LogP contribution in [-0.4, -0.2) is 25.7 Å². The van der Waals surface area contributed by atoms with Crippen LogP contribution in [0.25, 0.3) is 11.1 Å². The Morgan fingerprint density at radius 2 is 1.92 bits per heavy atom. The van der Waals surface area contributed by atoms with E-state index in [0.717, 1.165) is 0 Å². The number of halogens is 2. The maximum absolute atomic E-state index is 12.6. The molecule has 2 rings (SSSR count). The van der Waals surface area contributed by atoms with Gasteiger partial charge in [-0.1, -0.05) is 12.1 Å². The number of hydrogen-bond donors (Lipinski definition) is 2. The zero-order valence-corrected chi connectivity index (χ0v) is 12.6. The summed E-state index contributed by atoms with van der Waals surface area (Å²) in [6.07, 6.45) is -1.04. The van der Waals surface area contributed by atoms with Crippen molar-refractivity contribution in [2.75, 3.05) is 7.05 Å². The van der Waals surface area contributed by atoms with Crippen molar-refractivity contribution in [2.45, 2.75) is 6.61 Å². The maximum atomic E-state index is 12.6. The minimum Gasteiger partial charge on any atom is -0.434 e. The third-order valence-electron chi connectivity index (χ3n) is 3.05. The summed E-state index contributed by atoms with van der Waals surface area (Å²) in [5.41, 5.74) is 5.94. The van der Waals surface area contributed by atoms with Gasteiger partial charge in [0, 0.05) is 18.2 Å². The molecule has 6 nitrogen and oxygen atoms in total. The maximum Gasteiger partial charge on any atom is 0.409 e. The Morgan fingerprint density at radius 1 is 1.17 bits per heavy atom.